The van der Waals surface area contributed by atoms with E-state index in [1.165, 1.54) is 12.8 Å². The van der Waals surface area contributed by atoms with Gasteiger partial charge in [-0.05, 0) is 42.7 Å². The Hall–Kier alpha value is -2.89. The zero-order chi connectivity index (χ0) is 17.1. The maximum Gasteiger partial charge on any atom is 0.259 e. The van der Waals surface area contributed by atoms with E-state index in [2.05, 4.69) is 20.0 Å². The van der Waals surface area contributed by atoms with E-state index in [0.717, 1.165) is 35.8 Å². The van der Waals surface area contributed by atoms with Crippen LogP contribution in [0.1, 0.15) is 24.2 Å². The van der Waals surface area contributed by atoms with Crippen LogP contribution in [0.2, 0.25) is 0 Å². The quantitative estimate of drug-likeness (QED) is 0.712. The third-order valence-corrected chi connectivity index (χ3v) is 4.41. The van der Waals surface area contributed by atoms with E-state index in [1.54, 1.807) is 13.3 Å². The van der Waals surface area contributed by atoms with Crippen molar-refractivity contribution in [1.82, 2.24) is 15.1 Å². The second kappa shape index (κ2) is 6.93. The van der Waals surface area contributed by atoms with Crippen molar-refractivity contribution < 1.29 is 9.26 Å². The Morgan fingerprint density at radius 2 is 1.88 bits per heavy atom. The van der Waals surface area contributed by atoms with Gasteiger partial charge in [-0.1, -0.05) is 17.3 Å². The molecule has 0 aliphatic carbocycles. The van der Waals surface area contributed by atoms with E-state index in [-0.39, 0.29) is 0 Å². The number of pyridine rings is 1. The SMILES string of the molecule is COc1ccc(Cc2noc(-c3ccc(N4CCCC4)nc3)n2)cc1. The van der Waals surface area contributed by atoms with Gasteiger partial charge in [-0.3, -0.25) is 0 Å². The summed E-state index contributed by atoms with van der Waals surface area (Å²) in [5, 5.41) is 4.07. The van der Waals surface area contributed by atoms with Gasteiger partial charge in [0, 0.05) is 25.7 Å². The van der Waals surface area contributed by atoms with Gasteiger partial charge >= 0.3 is 0 Å². The molecule has 0 radical (unpaired) electrons. The van der Waals surface area contributed by atoms with Crippen molar-refractivity contribution >= 4 is 5.82 Å². The first-order valence-electron chi connectivity index (χ1n) is 8.49. The molecule has 1 aromatic carbocycles. The molecule has 1 aliphatic rings. The van der Waals surface area contributed by atoms with Crippen molar-refractivity contribution in [1.29, 1.82) is 0 Å². The molecule has 0 spiro atoms. The molecule has 25 heavy (non-hydrogen) atoms. The van der Waals surface area contributed by atoms with Crippen molar-refractivity contribution in [2.45, 2.75) is 19.3 Å². The third kappa shape index (κ3) is 3.47. The zero-order valence-electron chi connectivity index (χ0n) is 14.2. The van der Waals surface area contributed by atoms with Crippen LogP contribution in [0.25, 0.3) is 11.5 Å². The standard InChI is InChI=1S/C19H20N4O2/c1-24-16-7-4-14(5-8-16)12-17-21-19(25-22-17)15-6-9-18(20-13-15)23-10-2-3-11-23/h4-9,13H,2-3,10-12H2,1H3. The fourth-order valence-electron chi connectivity index (χ4n) is 3.01. The number of aromatic nitrogens is 3. The highest BCUT2D eigenvalue weighted by molar-refractivity contribution is 5.55. The minimum absolute atomic E-state index is 0.504. The van der Waals surface area contributed by atoms with Crippen LogP contribution in [0.5, 0.6) is 5.75 Å². The number of nitrogens with zero attached hydrogens (tertiary/aromatic N) is 4. The van der Waals surface area contributed by atoms with E-state index in [0.29, 0.717) is 18.1 Å². The van der Waals surface area contributed by atoms with Gasteiger partial charge in [-0.25, -0.2) is 4.98 Å². The van der Waals surface area contributed by atoms with E-state index in [1.807, 2.05) is 36.4 Å². The predicted octanol–water partition coefficient (Wildman–Crippen LogP) is 3.33. The molecule has 3 heterocycles. The molecule has 6 nitrogen and oxygen atoms in total. The van der Waals surface area contributed by atoms with Gasteiger partial charge in [0.15, 0.2) is 5.82 Å². The summed E-state index contributed by atoms with van der Waals surface area (Å²) in [6.45, 7) is 2.16. The highest BCUT2D eigenvalue weighted by Gasteiger charge is 2.15. The summed E-state index contributed by atoms with van der Waals surface area (Å²) in [6.07, 6.45) is 4.90. The highest BCUT2D eigenvalue weighted by Crippen LogP contribution is 2.22. The molecule has 1 aliphatic heterocycles. The molecular formula is C19H20N4O2. The lowest BCUT2D eigenvalue weighted by molar-refractivity contribution is 0.414. The van der Waals surface area contributed by atoms with Crippen LogP contribution < -0.4 is 9.64 Å². The summed E-state index contributed by atoms with van der Waals surface area (Å²) in [5.74, 6) is 3.01. The van der Waals surface area contributed by atoms with Gasteiger partial charge < -0.3 is 14.2 Å². The van der Waals surface area contributed by atoms with Gasteiger partial charge in [-0.2, -0.15) is 4.98 Å². The van der Waals surface area contributed by atoms with Crippen LogP contribution in [-0.2, 0) is 6.42 Å². The number of benzene rings is 1. The molecule has 0 saturated carbocycles. The van der Waals surface area contributed by atoms with Gasteiger partial charge in [0.2, 0.25) is 0 Å². The molecule has 0 atom stereocenters. The summed E-state index contributed by atoms with van der Waals surface area (Å²) in [7, 11) is 1.66. The molecule has 1 fully saturated rings. The van der Waals surface area contributed by atoms with Crippen molar-refractivity contribution in [2.75, 3.05) is 25.1 Å². The summed E-state index contributed by atoms with van der Waals surface area (Å²) >= 11 is 0. The molecule has 128 valence electrons. The second-order valence-corrected chi connectivity index (χ2v) is 6.14. The Morgan fingerprint density at radius 1 is 1.08 bits per heavy atom. The topological polar surface area (TPSA) is 64.3 Å². The molecule has 6 heteroatoms. The maximum absolute atomic E-state index is 5.39. The van der Waals surface area contributed by atoms with Crippen molar-refractivity contribution in [3.8, 4) is 17.2 Å². The third-order valence-electron chi connectivity index (χ3n) is 4.41. The van der Waals surface area contributed by atoms with Crippen LogP contribution >= 0.6 is 0 Å². The number of hydrogen-bond acceptors (Lipinski definition) is 6. The van der Waals surface area contributed by atoms with Crippen molar-refractivity contribution in [3.05, 3.63) is 54.0 Å². The number of rotatable bonds is 5. The molecular weight excluding hydrogens is 316 g/mol. The lowest BCUT2D eigenvalue weighted by Gasteiger charge is -2.15. The van der Waals surface area contributed by atoms with Crippen LogP contribution in [0.15, 0.2) is 47.1 Å². The average molecular weight is 336 g/mol. The van der Waals surface area contributed by atoms with Crippen LogP contribution in [0, 0.1) is 0 Å². The van der Waals surface area contributed by atoms with Crippen LogP contribution in [0.3, 0.4) is 0 Å². The van der Waals surface area contributed by atoms with E-state index in [4.69, 9.17) is 9.26 Å². The number of anilines is 1. The number of hydrogen-bond donors (Lipinski definition) is 0. The predicted molar refractivity (Wildman–Crippen MR) is 94.8 cm³/mol. The Bertz CT molecular complexity index is 821. The number of ether oxygens (including phenoxy) is 1. The highest BCUT2D eigenvalue weighted by atomic mass is 16.5. The van der Waals surface area contributed by atoms with E-state index in [9.17, 15) is 0 Å². The van der Waals surface area contributed by atoms with Gasteiger partial charge in [0.25, 0.3) is 5.89 Å². The van der Waals surface area contributed by atoms with Crippen molar-refractivity contribution in [2.24, 2.45) is 0 Å². The zero-order valence-corrected chi connectivity index (χ0v) is 14.2. The first-order valence-corrected chi connectivity index (χ1v) is 8.49. The van der Waals surface area contributed by atoms with Crippen molar-refractivity contribution in [3.63, 3.8) is 0 Å². The minimum atomic E-state index is 0.504. The average Bonchev–Trinajstić information content (AvgIpc) is 3.35. The summed E-state index contributed by atoms with van der Waals surface area (Å²) in [4.78, 5) is 11.3. The molecule has 0 N–H and O–H groups in total. The molecule has 1 saturated heterocycles. The number of methoxy groups -OCH3 is 1. The maximum atomic E-state index is 5.39. The minimum Gasteiger partial charge on any atom is -0.497 e. The molecule has 4 rings (SSSR count). The summed E-state index contributed by atoms with van der Waals surface area (Å²) in [6, 6.07) is 11.9. The largest absolute Gasteiger partial charge is 0.497 e. The lowest BCUT2D eigenvalue weighted by atomic mass is 10.1. The first-order chi connectivity index (χ1) is 12.3. The Kier molecular flexibility index (Phi) is 4.33. The first kappa shape index (κ1) is 15.6. The van der Waals surface area contributed by atoms with E-state index < -0.39 is 0 Å². The molecule has 0 unspecified atom stereocenters. The Balaban J connectivity index is 1.46. The Labute approximate surface area is 146 Å². The smallest absolute Gasteiger partial charge is 0.259 e. The van der Waals surface area contributed by atoms with Crippen LogP contribution in [0.4, 0.5) is 5.82 Å². The monoisotopic (exact) mass is 336 g/mol. The molecule has 2 aromatic heterocycles. The molecule has 0 bridgehead atoms. The fourth-order valence-corrected chi connectivity index (χ4v) is 3.01. The molecule has 3 aromatic rings. The molecule has 0 amide bonds. The normalized spacial score (nSPS) is 14.0. The van der Waals surface area contributed by atoms with Gasteiger partial charge in [0.1, 0.15) is 11.6 Å². The Morgan fingerprint density at radius 3 is 2.56 bits per heavy atom. The summed E-state index contributed by atoms with van der Waals surface area (Å²) in [5.41, 5.74) is 1.95. The van der Waals surface area contributed by atoms with Gasteiger partial charge in [0.05, 0.1) is 12.7 Å². The summed E-state index contributed by atoms with van der Waals surface area (Å²) < 4.78 is 10.6. The van der Waals surface area contributed by atoms with Crippen LogP contribution in [-0.4, -0.2) is 35.3 Å². The lowest BCUT2D eigenvalue weighted by Crippen LogP contribution is -2.18. The second-order valence-electron chi connectivity index (χ2n) is 6.14. The van der Waals surface area contributed by atoms with E-state index >= 15 is 0 Å². The van der Waals surface area contributed by atoms with Gasteiger partial charge in [-0.15, -0.1) is 0 Å². The fraction of sp³-hybridized carbons (Fsp3) is 0.316.